The highest BCUT2D eigenvalue weighted by Gasteiger charge is 2.46. The highest BCUT2D eigenvalue weighted by atomic mass is 28.3. The van der Waals surface area contributed by atoms with E-state index in [0.29, 0.717) is 19.3 Å². The topological polar surface area (TPSA) is 17.1 Å². The van der Waals surface area contributed by atoms with E-state index in [0.717, 1.165) is 5.56 Å². The molecule has 0 bridgehead atoms. The van der Waals surface area contributed by atoms with Gasteiger partial charge in [0.05, 0.1) is 8.07 Å². The van der Waals surface area contributed by atoms with Crippen LogP contribution in [0.5, 0.6) is 0 Å². The number of carbonyl (C=O) groups is 1. The van der Waals surface area contributed by atoms with Gasteiger partial charge in [-0.1, -0.05) is 77.5 Å². The molecular weight excluding hydrogens is 291 g/mol. The number of alkyl halides is 1. The predicted molar refractivity (Wildman–Crippen MR) is 95.9 cm³/mol. The Labute approximate surface area is 136 Å². The first-order chi connectivity index (χ1) is 10.1. The number of hydrogen-bond acceptors (Lipinski definition) is 1. The van der Waals surface area contributed by atoms with Crippen molar-refractivity contribution in [1.82, 2.24) is 0 Å². The number of benzene rings is 1. The van der Waals surface area contributed by atoms with E-state index in [4.69, 9.17) is 0 Å². The van der Waals surface area contributed by atoms with E-state index in [1.165, 1.54) is 0 Å². The summed E-state index contributed by atoms with van der Waals surface area (Å²) in [7, 11) is -1.96. The maximum atomic E-state index is 14.3. The minimum absolute atomic E-state index is 0.0635. The van der Waals surface area contributed by atoms with E-state index in [1.54, 1.807) is 0 Å². The summed E-state index contributed by atoms with van der Waals surface area (Å²) in [6.07, 6.45) is 0.412. The summed E-state index contributed by atoms with van der Waals surface area (Å²) < 4.78 is 14.3. The highest BCUT2D eigenvalue weighted by Crippen LogP contribution is 2.46. The summed E-state index contributed by atoms with van der Waals surface area (Å²) in [4.78, 5) is 12.8. The standard InChI is InChI=1S/C19H31FOSi/c1-7-11-16(20)18(21)17(22(5,6)19(2,3)4)14-15-12-9-8-10-13-15/h8-10,12-13,16-17H,7,11,14H2,1-6H3/t16-,17+/m1/s1. The molecule has 0 N–H and O–H groups in total. The second-order valence-corrected chi connectivity index (χ2v) is 13.5. The largest absolute Gasteiger partial charge is 0.296 e. The first kappa shape index (κ1) is 19.1. The van der Waals surface area contributed by atoms with Crippen LogP contribution in [-0.4, -0.2) is 20.0 Å². The van der Waals surface area contributed by atoms with Gasteiger partial charge in [0.2, 0.25) is 0 Å². The molecule has 0 saturated carbocycles. The first-order valence-corrected chi connectivity index (χ1v) is 11.4. The molecule has 0 aliphatic heterocycles. The number of Topliss-reactive ketones (excluding diaryl/α,β-unsaturated/α-hetero) is 1. The molecule has 0 amide bonds. The van der Waals surface area contributed by atoms with Crippen molar-refractivity contribution in [1.29, 1.82) is 0 Å². The van der Waals surface area contributed by atoms with Crippen molar-refractivity contribution >= 4 is 13.9 Å². The third-order valence-electron chi connectivity index (χ3n) is 5.28. The average molecular weight is 323 g/mol. The Hall–Kier alpha value is -0.963. The van der Waals surface area contributed by atoms with Crippen LogP contribution in [0.15, 0.2) is 30.3 Å². The van der Waals surface area contributed by atoms with Crippen LogP contribution in [-0.2, 0) is 11.2 Å². The fourth-order valence-electron chi connectivity index (χ4n) is 2.70. The molecule has 0 aliphatic carbocycles. The summed E-state index contributed by atoms with van der Waals surface area (Å²) in [6, 6.07) is 10.0. The van der Waals surface area contributed by atoms with Gasteiger partial charge in [-0.05, 0) is 23.4 Å². The summed E-state index contributed by atoms with van der Waals surface area (Å²) >= 11 is 0. The summed E-state index contributed by atoms with van der Waals surface area (Å²) in [5.74, 6) is -0.169. The molecule has 1 aromatic rings. The molecule has 0 heterocycles. The molecule has 0 aromatic heterocycles. The van der Waals surface area contributed by atoms with Crippen molar-refractivity contribution in [3.8, 4) is 0 Å². The Morgan fingerprint density at radius 2 is 1.73 bits per heavy atom. The fraction of sp³-hybridized carbons (Fsp3) is 0.632. The molecule has 3 heteroatoms. The van der Waals surface area contributed by atoms with Crippen LogP contribution >= 0.6 is 0 Å². The molecule has 0 aliphatic rings. The smallest absolute Gasteiger partial charge is 0.167 e. The Balaban J connectivity index is 3.13. The number of rotatable bonds is 7. The van der Waals surface area contributed by atoms with Gasteiger partial charge in [0, 0.05) is 5.54 Å². The molecule has 0 radical (unpaired) electrons. The molecular formula is C19H31FOSi. The van der Waals surface area contributed by atoms with Crippen LogP contribution in [0.25, 0.3) is 0 Å². The molecule has 124 valence electrons. The van der Waals surface area contributed by atoms with Crippen LogP contribution < -0.4 is 0 Å². The Kier molecular flexibility index (Phi) is 6.54. The van der Waals surface area contributed by atoms with Crippen molar-refractivity contribution in [3.05, 3.63) is 35.9 Å². The quantitative estimate of drug-likeness (QED) is 0.578. The van der Waals surface area contributed by atoms with Gasteiger partial charge in [0.1, 0.15) is 0 Å². The lowest BCUT2D eigenvalue weighted by molar-refractivity contribution is -0.124. The molecule has 1 aromatic carbocycles. The molecule has 22 heavy (non-hydrogen) atoms. The van der Waals surface area contributed by atoms with E-state index in [1.807, 2.05) is 37.3 Å². The van der Waals surface area contributed by atoms with E-state index in [9.17, 15) is 9.18 Å². The summed E-state index contributed by atoms with van der Waals surface area (Å²) in [5, 5.41) is 0.0635. The Bertz CT molecular complexity index is 476. The number of carbonyl (C=O) groups excluding carboxylic acids is 1. The van der Waals surface area contributed by atoms with E-state index in [-0.39, 0.29) is 16.4 Å². The van der Waals surface area contributed by atoms with Crippen LogP contribution in [0.2, 0.25) is 23.7 Å². The van der Waals surface area contributed by atoms with E-state index < -0.39 is 14.2 Å². The molecule has 2 atom stereocenters. The minimum atomic E-state index is -1.96. The normalized spacial score (nSPS) is 15.4. The lowest BCUT2D eigenvalue weighted by Crippen LogP contribution is -2.48. The van der Waals surface area contributed by atoms with Crippen LogP contribution in [0.3, 0.4) is 0 Å². The summed E-state index contributed by atoms with van der Waals surface area (Å²) in [6.45, 7) is 13.0. The monoisotopic (exact) mass is 322 g/mol. The highest BCUT2D eigenvalue weighted by molar-refractivity contribution is 6.84. The molecule has 0 unspecified atom stereocenters. The van der Waals surface area contributed by atoms with Gasteiger partial charge in [-0.2, -0.15) is 0 Å². The van der Waals surface area contributed by atoms with Gasteiger partial charge in [-0.15, -0.1) is 0 Å². The SMILES string of the molecule is CCC[C@@H](F)C(=O)[C@H](Cc1ccccc1)[Si](C)(C)C(C)(C)C. The van der Waals surface area contributed by atoms with Gasteiger partial charge in [-0.3, -0.25) is 4.79 Å². The van der Waals surface area contributed by atoms with Gasteiger partial charge in [-0.25, -0.2) is 4.39 Å². The number of ketones is 1. The third-order valence-corrected chi connectivity index (χ3v) is 11.4. The molecule has 1 nitrogen and oxygen atoms in total. The number of hydrogen-bond donors (Lipinski definition) is 0. The van der Waals surface area contributed by atoms with Gasteiger partial charge in [0.15, 0.2) is 12.0 Å². The molecule has 0 fully saturated rings. The van der Waals surface area contributed by atoms with Crippen LogP contribution in [0.1, 0.15) is 46.1 Å². The zero-order valence-corrected chi connectivity index (χ0v) is 15.9. The van der Waals surface area contributed by atoms with Gasteiger partial charge < -0.3 is 0 Å². The van der Waals surface area contributed by atoms with E-state index >= 15 is 0 Å². The lowest BCUT2D eigenvalue weighted by Gasteiger charge is -2.43. The van der Waals surface area contributed by atoms with Crippen molar-refractivity contribution in [2.45, 2.75) is 76.8 Å². The van der Waals surface area contributed by atoms with Crippen molar-refractivity contribution < 1.29 is 9.18 Å². The average Bonchev–Trinajstić information content (AvgIpc) is 2.44. The first-order valence-electron chi connectivity index (χ1n) is 8.33. The number of halogens is 1. The maximum absolute atomic E-state index is 14.3. The third kappa shape index (κ3) is 4.51. The van der Waals surface area contributed by atoms with Crippen molar-refractivity contribution in [3.63, 3.8) is 0 Å². The Morgan fingerprint density at radius 1 is 1.18 bits per heavy atom. The maximum Gasteiger partial charge on any atom is 0.167 e. The second kappa shape index (κ2) is 7.54. The van der Waals surface area contributed by atoms with Gasteiger partial charge in [0.25, 0.3) is 0 Å². The van der Waals surface area contributed by atoms with E-state index in [2.05, 4.69) is 33.9 Å². The van der Waals surface area contributed by atoms with Crippen LogP contribution in [0.4, 0.5) is 4.39 Å². The zero-order valence-electron chi connectivity index (χ0n) is 14.9. The molecule has 0 spiro atoms. The Morgan fingerprint density at radius 3 is 2.18 bits per heavy atom. The molecule has 1 rings (SSSR count). The summed E-state index contributed by atoms with van der Waals surface area (Å²) in [5.41, 5.74) is 0.964. The minimum Gasteiger partial charge on any atom is -0.296 e. The zero-order chi connectivity index (χ0) is 17.0. The van der Waals surface area contributed by atoms with Crippen molar-refractivity contribution in [2.75, 3.05) is 0 Å². The fourth-order valence-corrected chi connectivity index (χ4v) is 5.38. The van der Waals surface area contributed by atoms with Crippen LogP contribution in [0, 0.1) is 0 Å². The predicted octanol–water partition coefficient (Wildman–Crippen LogP) is 5.82. The molecule has 0 saturated heterocycles. The lowest BCUT2D eigenvalue weighted by atomic mass is 10.0. The second-order valence-electron chi connectivity index (χ2n) is 7.87. The van der Waals surface area contributed by atoms with Crippen molar-refractivity contribution in [2.24, 2.45) is 0 Å². The van der Waals surface area contributed by atoms with Gasteiger partial charge >= 0.3 is 0 Å².